The van der Waals surface area contributed by atoms with E-state index in [9.17, 15) is 8.42 Å². The molecule has 0 radical (unpaired) electrons. The van der Waals surface area contributed by atoms with Crippen molar-refractivity contribution < 1.29 is 8.42 Å². The molecule has 25 heavy (non-hydrogen) atoms. The number of aromatic nitrogens is 2. The average Bonchev–Trinajstić information content (AvgIpc) is 2.94. The molecule has 2 heterocycles. The summed E-state index contributed by atoms with van der Waals surface area (Å²) in [5, 5.41) is 3.33. The van der Waals surface area contributed by atoms with Gasteiger partial charge in [-0.2, -0.15) is 4.98 Å². The highest BCUT2D eigenvalue weighted by Crippen LogP contribution is 2.23. The second-order valence-corrected chi connectivity index (χ2v) is 8.61. The number of nitrogens with zero attached hydrogens (tertiary/aromatic N) is 3. The molecule has 3 rings (SSSR count). The molecular weight excluding hydrogens is 336 g/mol. The van der Waals surface area contributed by atoms with Crippen LogP contribution in [0.15, 0.2) is 36.4 Å². The van der Waals surface area contributed by atoms with Crippen LogP contribution in [0.2, 0.25) is 0 Å². The van der Waals surface area contributed by atoms with Gasteiger partial charge in [0.05, 0.1) is 11.5 Å². The molecule has 1 aromatic heterocycles. The predicted octanol–water partition coefficient (Wildman–Crippen LogP) is 2.41. The number of aryl methyl sites for hydroxylation is 1. The number of sulfone groups is 1. The highest BCUT2D eigenvalue weighted by atomic mass is 32.2. The van der Waals surface area contributed by atoms with Crippen LogP contribution in [0.5, 0.6) is 0 Å². The number of nitrogens with one attached hydrogen (secondary N) is 1. The molecule has 0 saturated carbocycles. The van der Waals surface area contributed by atoms with E-state index >= 15 is 0 Å². The van der Waals surface area contributed by atoms with E-state index < -0.39 is 9.84 Å². The topological polar surface area (TPSA) is 75.2 Å². The van der Waals surface area contributed by atoms with Gasteiger partial charge in [0.1, 0.15) is 5.82 Å². The summed E-state index contributed by atoms with van der Waals surface area (Å²) >= 11 is 0. The van der Waals surface area contributed by atoms with E-state index in [0.29, 0.717) is 25.5 Å². The Kier molecular flexibility index (Phi) is 5.22. The van der Waals surface area contributed by atoms with Crippen molar-refractivity contribution >= 4 is 21.6 Å². The molecule has 1 fully saturated rings. The molecule has 1 atom stereocenters. The quantitative estimate of drug-likeness (QED) is 0.853. The van der Waals surface area contributed by atoms with Gasteiger partial charge in [-0.05, 0) is 25.8 Å². The summed E-state index contributed by atoms with van der Waals surface area (Å²) in [4.78, 5) is 11.2. The van der Waals surface area contributed by atoms with Crippen molar-refractivity contribution in [3.63, 3.8) is 0 Å². The first-order chi connectivity index (χ1) is 12.0. The zero-order valence-corrected chi connectivity index (χ0v) is 15.5. The maximum Gasteiger partial charge on any atom is 0.227 e. The van der Waals surface area contributed by atoms with Gasteiger partial charge in [-0.25, -0.2) is 13.4 Å². The fourth-order valence-electron chi connectivity index (χ4n) is 3.14. The molecule has 1 aromatic carbocycles. The summed E-state index contributed by atoms with van der Waals surface area (Å²) in [7, 11) is -2.94. The lowest BCUT2D eigenvalue weighted by atomic mass is 10.2. The summed E-state index contributed by atoms with van der Waals surface area (Å²) in [5.74, 6) is 1.79. The molecule has 1 aliphatic rings. The van der Waals surface area contributed by atoms with E-state index in [1.807, 2.05) is 43.0 Å². The van der Waals surface area contributed by atoms with E-state index in [-0.39, 0.29) is 17.5 Å². The van der Waals surface area contributed by atoms with E-state index in [0.717, 1.165) is 11.5 Å². The molecule has 7 heteroatoms. The van der Waals surface area contributed by atoms with E-state index in [2.05, 4.69) is 27.4 Å². The second kappa shape index (κ2) is 7.39. The van der Waals surface area contributed by atoms with Crippen molar-refractivity contribution in [1.29, 1.82) is 0 Å². The second-order valence-electron chi connectivity index (χ2n) is 6.38. The summed E-state index contributed by atoms with van der Waals surface area (Å²) in [6.45, 7) is 5.30. The van der Waals surface area contributed by atoms with E-state index in [1.54, 1.807) is 0 Å². The van der Waals surface area contributed by atoms with Crippen molar-refractivity contribution in [1.82, 2.24) is 9.97 Å². The van der Waals surface area contributed by atoms with Crippen LogP contribution >= 0.6 is 0 Å². The van der Waals surface area contributed by atoms with Crippen LogP contribution in [0.1, 0.15) is 24.6 Å². The van der Waals surface area contributed by atoms with Gasteiger partial charge in [-0.15, -0.1) is 0 Å². The van der Waals surface area contributed by atoms with Gasteiger partial charge >= 0.3 is 0 Å². The maximum absolute atomic E-state index is 11.8. The highest BCUT2D eigenvalue weighted by Gasteiger charge is 2.33. The van der Waals surface area contributed by atoms with Crippen molar-refractivity contribution in [2.75, 3.05) is 28.3 Å². The number of rotatable bonds is 6. The molecule has 1 unspecified atom stereocenters. The molecule has 2 aromatic rings. The zero-order chi connectivity index (χ0) is 17.9. The van der Waals surface area contributed by atoms with Crippen molar-refractivity contribution in [2.24, 2.45) is 0 Å². The SMILES string of the molecule is CCN(c1nc(C)cc(NCc2ccccc2)n1)C1CCS(=O)(=O)C1. The van der Waals surface area contributed by atoms with Crippen molar-refractivity contribution in [2.45, 2.75) is 32.9 Å². The summed E-state index contributed by atoms with van der Waals surface area (Å²) < 4.78 is 23.6. The molecule has 0 spiro atoms. The molecular formula is C18H24N4O2S. The van der Waals surface area contributed by atoms with Crippen molar-refractivity contribution in [3.8, 4) is 0 Å². The molecule has 1 aliphatic heterocycles. The van der Waals surface area contributed by atoms with Gasteiger partial charge in [-0.1, -0.05) is 30.3 Å². The third-order valence-corrected chi connectivity index (χ3v) is 6.16. The maximum atomic E-state index is 11.8. The lowest BCUT2D eigenvalue weighted by molar-refractivity contribution is 0.599. The third kappa shape index (κ3) is 4.48. The van der Waals surface area contributed by atoms with Crippen LogP contribution < -0.4 is 10.2 Å². The van der Waals surface area contributed by atoms with E-state index in [1.165, 1.54) is 5.56 Å². The molecule has 6 nitrogen and oxygen atoms in total. The van der Waals surface area contributed by atoms with Gasteiger partial charge in [0, 0.05) is 30.9 Å². The van der Waals surface area contributed by atoms with Crippen LogP contribution in [-0.2, 0) is 16.4 Å². The number of hydrogen-bond acceptors (Lipinski definition) is 6. The first-order valence-corrected chi connectivity index (χ1v) is 10.4. The Hall–Kier alpha value is -2.15. The Morgan fingerprint density at radius 3 is 2.64 bits per heavy atom. The Labute approximate surface area is 149 Å². The van der Waals surface area contributed by atoms with Gasteiger partial charge in [0.2, 0.25) is 5.95 Å². The Morgan fingerprint density at radius 1 is 1.24 bits per heavy atom. The molecule has 0 amide bonds. The molecule has 0 aliphatic carbocycles. The van der Waals surface area contributed by atoms with Crippen LogP contribution in [-0.4, -0.2) is 42.5 Å². The normalized spacial score (nSPS) is 18.9. The summed E-state index contributed by atoms with van der Waals surface area (Å²) in [5.41, 5.74) is 2.04. The van der Waals surface area contributed by atoms with Crippen LogP contribution in [0.4, 0.5) is 11.8 Å². The minimum absolute atomic E-state index is 0.0428. The smallest absolute Gasteiger partial charge is 0.227 e. The number of anilines is 2. The number of benzene rings is 1. The summed E-state index contributed by atoms with van der Waals surface area (Å²) in [6.07, 6.45) is 0.639. The molecule has 1 saturated heterocycles. The molecule has 134 valence electrons. The van der Waals surface area contributed by atoms with Crippen LogP contribution in [0.3, 0.4) is 0 Å². The van der Waals surface area contributed by atoms with Crippen molar-refractivity contribution in [3.05, 3.63) is 47.7 Å². The van der Waals surface area contributed by atoms with Gasteiger partial charge in [0.25, 0.3) is 0 Å². The fourth-order valence-corrected chi connectivity index (χ4v) is 4.88. The first-order valence-electron chi connectivity index (χ1n) is 8.57. The largest absolute Gasteiger partial charge is 0.366 e. The van der Waals surface area contributed by atoms with Gasteiger partial charge in [0.15, 0.2) is 9.84 Å². The Morgan fingerprint density at radius 2 is 2.00 bits per heavy atom. The Bertz CT molecular complexity index is 824. The minimum atomic E-state index is -2.94. The third-order valence-electron chi connectivity index (χ3n) is 4.41. The summed E-state index contributed by atoms with van der Waals surface area (Å²) in [6, 6.07) is 12.0. The standard InChI is InChI=1S/C18H24N4O2S/c1-3-22(16-9-10-25(23,24)13-16)18-20-14(2)11-17(21-18)19-12-15-7-5-4-6-8-15/h4-8,11,16H,3,9-10,12-13H2,1-2H3,(H,19,20,21). The fraction of sp³-hybridized carbons (Fsp3) is 0.444. The predicted molar refractivity (Wildman–Crippen MR) is 101 cm³/mol. The highest BCUT2D eigenvalue weighted by molar-refractivity contribution is 7.91. The lowest BCUT2D eigenvalue weighted by Gasteiger charge is -2.27. The first kappa shape index (κ1) is 17.7. The minimum Gasteiger partial charge on any atom is -0.366 e. The number of hydrogen-bond donors (Lipinski definition) is 1. The average molecular weight is 360 g/mol. The Balaban J connectivity index is 1.78. The molecule has 0 bridgehead atoms. The van der Waals surface area contributed by atoms with Crippen LogP contribution in [0.25, 0.3) is 0 Å². The zero-order valence-electron chi connectivity index (χ0n) is 14.6. The van der Waals surface area contributed by atoms with Gasteiger partial charge < -0.3 is 10.2 Å². The van der Waals surface area contributed by atoms with Gasteiger partial charge in [-0.3, -0.25) is 0 Å². The lowest BCUT2D eigenvalue weighted by Crippen LogP contribution is -2.37. The van der Waals surface area contributed by atoms with Crippen LogP contribution in [0, 0.1) is 6.92 Å². The van der Waals surface area contributed by atoms with E-state index in [4.69, 9.17) is 0 Å². The monoisotopic (exact) mass is 360 g/mol. The molecule has 1 N–H and O–H groups in total.